The van der Waals surface area contributed by atoms with E-state index >= 15 is 0 Å². The number of benzene rings is 1. The number of rotatable bonds is 3. The number of fused-ring (bicyclic) bond motifs is 1. The molecule has 0 unspecified atom stereocenters. The summed E-state index contributed by atoms with van der Waals surface area (Å²) >= 11 is 0. The lowest BCUT2D eigenvalue weighted by molar-refractivity contribution is -0.140. The van der Waals surface area contributed by atoms with E-state index in [9.17, 15) is 31.5 Å². The summed E-state index contributed by atoms with van der Waals surface area (Å²) < 4.78 is 74.5. The predicted octanol–water partition coefficient (Wildman–Crippen LogP) is 2.91. The highest BCUT2D eigenvalue weighted by Crippen LogP contribution is 2.32. The number of nitrogens with zero attached hydrogens (tertiary/aromatic N) is 1. The van der Waals surface area contributed by atoms with Crippen molar-refractivity contribution in [2.45, 2.75) is 12.7 Å². The molecule has 1 heterocycles. The molecule has 0 atom stereocenters. The van der Waals surface area contributed by atoms with Crippen molar-refractivity contribution in [3.63, 3.8) is 0 Å². The molecule has 6 nitrogen and oxygen atoms in total. The minimum absolute atomic E-state index is 0.302. The van der Waals surface area contributed by atoms with E-state index < -0.39 is 58.3 Å². The molecular weight excluding hydrogens is 345 g/mol. The quantitative estimate of drug-likeness (QED) is 0.678. The van der Waals surface area contributed by atoms with Gasteiger partial charge in [-0.3, -0.25) is 4.79 Å². The molecule has 0 spiro atoms. The zero-order chi connectivity index (χ0) is 18.2. The van der Waals surface area contributed by atoms with Crippen LogP contribution in [0.25, 0.3) is 10.9 Å². The molecular formula is C13H8F5NO5. The van der Waals surface area contributed by atoms with Crippen molar-refractivity contribution in [2.24, 2.45) is 0 Å². The number of ether oxygens (including phenoxy) is 2. The standard InChI is InChI=1S/C13H8F5NO5/c1-23-11-8(15)6(14)2-5-9(11)19(4-13(16,17)18)3-7(10(5)20)24-12(21)22/h2-3H,4H2,1H3,(H,21,22). The Morgan fingerprint density at radius 2 is 1.96 bits per heavy atom. The lowest BCUT2D eigenvalue weighted by atomic mass is 10.1. The number of carbonyl (C=O) groups is 1. The fourth-order valence-corrected chi connectivity index (χ4v) is 2.12. The Labute approximate surface area is 129 Å². The Kier molecular flexibility index (Phi) is 4.36. The molecule has 0 saturated carbocycles. The number of halogens is 5. The van der Waals surface area contributed by atoms with Crippen molar-refractivity contribution < 1.29 is 41.3 Å². The normalized spacial score (nSPS) is 11.6. The third kappa shape index (κ3) is 3.24. The molecule has 24 heavy (non-hydrogen) atoms. The molecule has 0 radical (unpaired) electrons. The summed E-state index contributed by atoms with van der Waals surface area (Å²) in [6.45, 7) is -1.72. The minimum atomic E-state index is -4.81. The maximum Gasteiger partial charge on any atom is 0.511 e. The zero-order valence-corrected chi connectivity index (χ0v) is 11.8. The summed E-state index contributed by atoms with van der Waals surface area (Å²) in [5.74, 6) is -5.06. The lowest BCUT2D eigenvalue weighted by Crippen LogP contribution is -2.23. The average molecular weight is 353 g/mol. The van der Waals surface area contributed by atoms with Crippen LogP contribution in [0.5, 0.6) is 11.5 Å². The molecule has 0 aliphatic rings. The van der Waals surface area contributed by atoms with Crippen LogP contribution in [0.15, 0.2) is 17.1 Å². The van der Waals surface area contributed by atoms with E-state index in [0.29, 0.717) is 16.8 Å². The number of hydrogen-bond acceptors (Lipinski definition) is 4. The number of methoxy groups -OCH3 is 1. The summed E-state index contributed by atoms with van der Waals surface area (Å²) in [5.41, 5.74) is -1.92. The second-order valence-corrected chi connectivity index (χ2v) is 4.54. The van der Waals surface area contributed by atoms with Gasteiger partial charge in [-0.1, -0.05) is 0 Å². The van der Waals surface area contributed by atoms with Gasteiger partial charge in [0.1, 0.15) is 6.54 Å². The second-order valence-electron chi connectivity index (χ2n) is 4.54. The largest absolute Gasteiger partial charge is 0.511 e. The van der Waals surface area contributed by atoms with Crippen molar-refractivity contribution in [1.82, 2.24) is 4.57 Å². The van der Waals surface area contributed by atoms with E-state index in [1.54, 1.807) is 0 Å². The summed E-state index contributed by atoms with van der Waals surface area (Å²) in [7, 11) is 0.876. The summed E-state index contributed by atoms with van der Waals surface area (Å²) in [5, 5.41) is 7.81. The highest BCUT2D eigenvalue weighted by molar-refractivity contribution is 5.86. The van der Waals surface area contributed by atoms with E-state index in [4.69, 9.17) is 5.11 Å². The van der Waals surface area contributed by atoms with Gasteiger partial charge in [-0.05, 0) is 6.07 Å². The van der Waals surface area contributed by atoms with Gasteiger partial charge in [-0.2, -0.15) is 17.6 Å². The summed E-state index contributed by atoms with van der Waals surface area (Å²) in [6, 6.07) is 0.344. The average Bonchev–Trinajstić information content (AvgIpc) is 2.44. The molecule has 1 aromatic heterocycles. The van der Waals surface area contributed by atoms with Gasteiger partial charge in [-0.15, -0.1) is 0 Å². The van der Waals surface area contributed by atoms with Crippen LogP contribution in [-0.4, -0.2) is 29.1 Å². The van der Waals surface area contributed by atoms with Gasteiger partial charge in [0.15, 0.2) is 17.3 Å². The van der Waals surface area contributed by atoms with Crippen LogP contribution in [0.3, 0.4) is 0 Å². The number of pyridine rings is 1. The summed E-state index contributed by atoms with van der Waals surface area (Å²) in [6.07, 6.45) is -6.33. The van der Waals surface area contributed by atoms with Crippen LogP contribution in [0.4, 0.5) is 26.7 Å². The third-order valence-corrected chi connectivity index (χ3v) is 2.93. The second kappa shape index (κ2) is 5.98. The van der Waals surface area contributed by atoms with Gasteiger partial charge in [-0.25, -0.2) is 9.18 Å². The monoisotopic (exact) mass is 353 g/mol. The van der Waals surface area contributed by atoms with Crippen molar-refractivity contribution in [3.05, 3.63) is 34.1 Å². The zero-order valence-electron chi connectivity index (χ0n) is 11.8. The Morgan fingerprint density at radius 1 is 1.33 bits per heavy atom. The number of aromatic nitrogens is 1. The number of hydrogen-bond donors (Lipinski definition) is 1. The molecule has 0 bridgehead atoms. The van der Waals surface area contributed by atoms with E-state index in [2.05, 4.69) is 9.47 Å². The highest BCUT2D eigenvalue weighted by Gasteiger charge is 2.31. The van der Waals surface area contributed by atoms with Gasteiger partial charge in [0, 0.05) is 0 Å². The van der Waals surface area contributed by atoms with Gasteiger partial charge < -0.3 is 19.1 Å². The Balaban J connectivity index is 2.94. The van der Waals surface area contributed by atoms with Crippen molar-refractivity contribution in [2.75, 3.05) is 7.11 Å². The van der Waals surface area contributed by atoms with Crippen LogP contribution in [0.2, 0.25) is 0 Å². The van der Waals surface area contributed by atoms with Crippen molar-refractivity contribution in [1.29, 1.82) is 0 Å². The van der Waals surface area contributed by atoms with Crippen LogP contribution in [0.1, 0.15) is 0 Å². The van der Waals surface area contributed by atoms with Gasteiger partial charge >= 0.3 is 12.3 Å². The molecule has 11 heteroatoms. The first-order valence-corrected chi connectivity index (χ1v) is 6.11. The van der Waals surface area contributed by atoms with Crippen LogP contribution in [-0.2, 0) is 6.54 Å². The first-order chi connectivity index (χ1) is 11.0. The molecule has 2 aromatic rings. The molecule has 1 aromatic carbocycles. The molecule has 0 fully saturated rings. The molecule has 0 amide bonds. The van der Waals surface area contributed by atoms with Gasteiger partial charge in [0.05, 0.1) is 24.2 Å². The highest BCUT2D eigenvalue weighted by atomic mass is 19.4. The first-order valence-electron chi connectivity index (χ1n) is 6.11. The van der Waals surface area contributed by atoms with Gasteiger partial charge in [0.2, 0.25) is 11.2 Å². The predicted molar refractivity (Wildman–Crippen MR) is 69.4 cm³/mol. The van der Waals surface area contributed by atoms with E-state index in [-0.39, 0.29) is 0 Å². The molecule has 130 valence electrons. The Hall–Kier alpha value is -2.85. The Bertz CT molecular complexity index is 874. The minimum Gasteiger partial charge on any atom is -0.491 e. The first kappa shape index (κ1) is 17.5. The molecule has 0 aliphatic carbocycles. The topological polar surface area (TPSA) is 77.8 Å². The van der Waals surface area contributed by atoms with Crippen LogP contribution < -0.4 is 14.9 Å². The molecule has 2 rings (SSSR count). The smallest absolute Gasteiger partial charge is 0.491 e. The van der Waals surface area contributed by atoms with Gasteiger partial charge in [0.25, 0.3) is 0 Å². The fraction of sp³-hybridized carbons (Fsp3) is 0.231. The maximum atomic E-state index is 13.8. The van der Waals surface area contributed by atoms with Crippen LogP contribution >= 0.6 is 0 Å². The van der Waals surface area contributed by atoms with Crippen LogP contribution in [0, 0.1) is 11.6 Å². The Morgan fingerprint density at radius 3 is 2.46 bits per heavy atom. The SMILES string of the molecule is COc1c(F)c(F)cc2c(=O)c(OC(=O)O)cn(CC(F)(F)F)c12. The maximum absolute atomic E-state index is 13.8. The fourth-order valence-electron chi connectivity index (χ4n) is 2.12. The summed E-state index contributed by atoms with van der Waals surface area (Å²) in [4.78, 5) is 22.6. The van der Waals surface area contributed by atoms with Crippen molar-refractivity contribution >= 4 is 17.1 Å². The van der Waals surface area contributed by atoms with E-state index in [0.717, 1.165) is 7.11 Å². The number of carboxylic acid groups (broad SMARTS) is 1. The van der Waals surface area contributed by atoms with Crippen molar-refractivity contribution in [3.8, 4) is 11.5 Å². The van der Waals surface area contributed by atoms with E-state index in [1.165, 1.54) is 0 Å². The third-order valence-electron chi connectivity index (χ3n) is 2.93. The molecule has 0 saturated heterocycles. The van der Waals surface area contributed by atoms with E-state index in [1.807, 2.05) is 0 Å². The molecule has 0 aliphatic heterocycles. The number of alkyl halides is 3. The lowest BCUT2D eigenvalue weighted by Gasteiger charge is -2.17. The molecule has 1 N–H and O–H groups in total.